The van der Waals surface area contributed by atoms with Gasteiger partial charge in [0, 0.05) is 7.11 Å². The average molecular weight is 356 g/mol. The van der Waals surface area contributed by atoms with Gasteiger partial charge in [-0.3, -0.25) is 0 Å². The van der Waals surface area contributed by atoms with Gasteiger partial charge in [0.2, 0.25) is 0 Å². The molecule has 2 aliphatic rings. The van der Waals surface area contributed by atoms with Crippen LogP contribution in [0.1, 0.15) is 0 Å². The van der Waals surface area contributed by atoms with Crippen LogP contribution in [0.2, 0.25) is 0 Å². The Morgan fingerprint density at radius 2 is 1.21 bits per heavy atom. The molecule has 0 spiro atoms. The third-order valence-electron chi connectivity index (χ3n) is 4.20. The molecule has 10 atom stereocenters. The normalized spacial score (nSPS) is 50.0. The fraction of sp³-hybridized carbons (Fsp3) is 1.00. The van der Waals surface area contributed by atoms with E-state index in [0.717, 1.165) is 0 Å². The lowest BCUT2D eigenvalue weighted by Crippen LogP contribution is -2.64. The quantitative estimate of drug-likeness (QED) is 0.251. The average Bonchev–Trinajstić information content (AvgIpc) is 2.59. The van der Waals surface area contributed by atoms with Gasteiger partial charge in [-0.1, -0.05) is 0 Å². The summed E-state index contributed by atoms with van der Waals surface area (Å²) in [7, 11) is 1.24. The fourth-order valence-electron chi connectivity index (χ4n) is 2.73. The summed E-state index contributed by atoms with van der Waals surface area (Å²) in [6.45, 7) is -1.21. The van der Waals surface area contributed by atoms with Crippen molar-refractivity contribution in [2.75, 3.05) is 20.3 Å². The van der Waals surface area contributed by atoms with Gasteiger partial charge in [0.15, 0.2) is 12.6 Å². The molecule has 11 nitrogen and oxygen atoms in total. The van der Waals surface area contributed by atoms with Crippen molar-refractivity contribution in [1.82, 2.24) is 0 Å². The highest BCUT2D eigenvalue weighted by atomic mass is 16.8. The second-order valence-electron chi connectivity index (χ2n) is 5.74. The van der Waals surface area contributed by atoms with Crippen molar-refractivity contribution in [1.29, 1.82) is 0 Å². The minimum Gasteiger partial charge on any atom is -0.394 e. The Hall–Kier alpha value is -0.440. The lowest BCUT2D eigenvalue weighted by atomic mass is 9.97. The summed E-state index contributed by atoms with van der Waals surface area (Å²) in [5, 5.41) is 67.8. The number of rotatable bonds is 5. The first-order valence-corrected chi connectivity index (χ1v) is 7.46. The topological polar surface area (TPSA) is 179 Å². The number of methoxy groups -OCH3 is 1. The molecule has 0 aliphatic carbocycles. The summed E-state index contributed by atoms with van der Waals surface area (Å²) in [6.07, 6.45) is -14.3. The Morgan fingerprint density at radius 3 is 1.71 bits per heavy atom. The van der Waals surface area contributed by atoms with Crippen LogP contribution in [-0.4, -0.2) is 117 Å². The van der Waals surface area contributed by atoms with Crippen LogP contribution in [0.15, 0.2) is 0 Å². The van der Waals surface area contributed by atoms with Gasteiger partial charge in [0.1, 0.15) is 48.8 Å². The molecule has 0 aromatic carbocycles. The molecule has 0 unspecified atom stereocenters. The number of ether oxygens (including phenoxy) is 4. The largest absolute Gasteiger partial charge is 0.394 e. The van der Waals surface area contributed by atoms with Gasteiger partial charge in [0.05, 0.1) is 13.2 Å². The summed E-state index contributed by atoms with van der Waals surface area (Å²) in [5.74, 6) is 0. The molecule has 0 bridgehead atoms. The molecule has 0 aromatic heterocycles. The molecule has 2 fully saturated rings. The van der Waals surface area contributed by atoms with E-state index in [1.165, 1.54) is 7.11 Å². The lowest BCUT2D eigenvalue weighted by molar-refractivity contribution is -0.364. The summed E-state index contributed by atoms with van der Waals surface area (Å²) >= 11 is 0. The van der Waals surface area contributed by atoms with Crippen LogP contribution in [0.5, 0.6) is 0 Å². The van der Waals surface area contributed by atoms with Gasteiger partial charge in [-0.15, -0.1) is 0 Å². The van der Waals surface area contributed by atoms with Gasteiger partial charge in [-0.2, -0.15) is 0 Å². The molecule has 11 heteroatoms. The molecule has 7 N–H and O–H groups in total. The second-order valence-corrected chi connectivity index (χ2v) is 5.74. The minimum atomic E-state index is -1.68. The standard InChI is InChI=1S/C13H24O11/c1-21-13-11(9(19)7(17)5(3-15)23-13)24-12-10(20)8(18)6(16)4(2-14)22-12/h4-20H,2-3H2,1H3/t4-,5+,6-,7+,8-,9-,10+,11+,12+,13-/m1/s1. The molecular formula is C13H24O11. The smallest absolute Gasteiger partial charge is 0.187 e. The second kappa shape index (κ2) is 8.29. The van der Waals surface area contributed by atoms with Gasteiger partial charge in [-0.25, -0.2) is 0 Å². The summed E-state index contributed by atoms with van der Waals surface area (Å²) in [5.41, 5.74) is 0. The fourth-order valence-corrected chi connectivity index (χ4v) is 2.73. The molecule has 0 amide bonds. The zero-order chi connectivity index (χ0) is 18.0. The zero-order valence-corrected chi connectivity index (χ0v) is 13.0. The molecule has 2 heterocycles. The number of aliphatic hydroxyl groups excluding tert-OH is 7. The van der Waals surface area contributed by atoms with Gasteiger partial charge < -0.3 is 54.7 Å². The number of aliphatic hydroxyl groups is 7. The molecule has 0 radical (unpaired) electrons. The Morgan fingerprint density at radius 1 is 0.708 bits per heavy atom. The highest BCUT2D eigenvalue weighted by Crippen LogP contribution is 2.29. The number of hydrogen-bond acceptors (Lipinski definition) is 11. The summed E-state index contributed by atoms with van der Waals surface area (Å²) < 4.78 is 20.8. The summed E-state index contributed by atoms with van der Waals surface area (Å²) in [4.78, 5) is 0. The maximum absolute atomic E-state index is 10.2. The molecule has 2 aliphatic heterocycles. The highest BCUT2D eigenvalue weighted by Gasteiger charge is 2.50. The van der Waals surface area contributed by atoms with E-state index in [1.807, 2.05) is 0 Å². The zero-order valence-electron chi connectivity index (χ0n) is 13.0. The van der Waals surface area contributed by atoms with Crippen LogP contribution < -0.4 is 0 Å². The van der Waals surface area contributed by atoms with Gasteiger partial charge >= 0.3 is 0 Å². The van der Waals surface area contributed by atoms with Crippen molar-refractivity contribution >= 4 is 0 Å². The maximum Gasteiger partial charge on any atom is 0.187 e. The van der Waals surface area contributed by atoms with E-state index in [9.17, 15) is 25.5 Å². The lowest BCUT2D eigenvalue weighted by Gasteiger charge is -2.45. The van der Waals surface area contributed by atoms with E-state index in [0.29, 0.717) is 0 Å². The molecule has 24 heavy (non-hydrogen) atoms. The minimum absolute atomic E-state index is 0.565. The number of hydrogen-bond donors (Lipinski definition) is 7. The van der Waals surface area contributed by atoms with E-state index < -0.39 is 74.6 Å². The van der Waals surface area contributed by atoms with Crippen LogP contribution in [0.4, 0.5) is 0 Å². The van der Waals surface area contributed by atoms with Gasteiger partial charge in [-0.05, 0) is 0 Å². The first-order chi connectivity index (χ1) is 11.3. The molecule has 2 saturated heterocycles. The summed E-state index contributed by atoms with van der Waals surface area (Å²) in [6, 6.07) is 0. The Labute approximate surface area is 137 Å². The molecule has 2 rings (SSSR count). The third-order valence-corrected chi connectivity index (χ3v) is 4.20. The molecule has 0 aromatic rings. The van der Waals surface area contributed by atoms with Crippen LogP contribution in [0.25, 0.3) is 0 Å². The van der Waals surface area contributed by atoms with E-state index in [-0.39, 0.29) is 0 Å². The van der Waals surface area contributed by atoms with Crippen molar-refractivity contribution in [3.8, 4) is 0 Å². The van der Waals surface area contributed by atoms with E-state index in [1.54, 1.807) is 0 Å². The maximum atomic E-state index is 10.2. The predicted molar refractivity (Wildman–Crippen MR) is 73.4 cm³/mol. The SMILES string of the molecule is CO[C@@H]1O[C@@H](CO)[C@H](O)[C@@H](O)[C@@H]1O[C@@H]1O[C@H](CO)[C@@H](O)[C@@H](O)[C@@H]1O. The predicted octanol–water partition coefficient (Wildman–Crippen LogP) is -4.74. The third kappa shape index (κ3) is 3.71. The van der Waals surface area contributed by atoms with Crippen molar-refractivity contribution in [2.24, 2.45) is 0 Å². The first kappa shape index (κ1) is 19.9. The Kier molecular flexibility index (Phi) is 6.87. The van der Waals surface area contributed by atoms with Crippen molar-refractivity contribution in [2.45, 2.75) is 61.4 Å². The van der Waals surface area contributed by atoms with Gasteiger partial charge in [0.25, 0.3) is 0 Å². The van der Waals surface area contributed by atoms with Crippen LogP contribution in [0, 0.1) is 0 Å². The van der Waals surface area contributed by atoms with Crippen LogP contribution in [0.3, 0.4) is 0 Å². The molecule has 142 valence electrons. The van der Waals surface area contributed by atoms with Crippen LogP contribution in [-0.2, 0) is 18.9 Å². The van der Waals surface area contributed by atoms with Crippen LogP contribution >= 0.6 is 0 Å². The Balaban J connectivity index is 2.12. The van der Waals surface area contributed by atoms with E-state index in [2.05, 4.69) is 0 Å². The Bertz CT molecular complexity index is 392. The van der Waals surface area contributed by atoms with Crippen molar-refractivity contribution < 1.29 is 54.7 Å². The van der Waals surface area contributed by atoms with Crippen molar-refractivity contribution in [3.63, 3.8) is 0 Å². The van der Waals surface area contributed by atoms with Crippen molar-refractivity contribution in [3.05, 3.63) is 0 Å². The van der Waals surface area contributed by atoms with E-state index >= 15 is 0 Å². The monoisotopic (exact) mass is 356 g/mol. The molecule has 0 saturated carbocycles. The first-order valence-electron chi connectivity index (χ1n) is 7.46. The van der Waals surface area contributed by atoms with E-state index in [4.69, 9.17) is 29.2 Å². The molecular weight excluding hydrogens is 332 g/mol. The highest BCUT2D eigenvalue weighted by molar-refractivity contribution is 4.93.